The van der Waals surface area contributed by atoms with Crippen molar-refractivity contribution in [3.05, 3.63) is 64.4 Å². The molecule has 1 aromatic rings. The number of ketones is 1. The molecule has 2 amide bonds. The van der Waals surface area contributed by atoms with E-state index in [-0.39, 0.29) is 29.0 Å². The van der Waals surface area contributed by atoms with E-state index < -0.39 is 0 Å². The number of fused-ring (bicyclic) bond motifs is 1. The van der Waals surface area contributed by atoms with E-state index in [4.69, 9.17) is 30.5 Å². The lowest BCUT2D eigenvalue weighted by Crippen LogP contribution is -2.30. The topological polar surface area (TPSA) is 176 Å². The maximum Gasteiger partial charge on any atom is 0.224 e. The number of carbonyl (C=O) groups excluding carboxylic acids is 4. The molecule has 0 spiro atoms. The highest BCUT2D eigenvalue weighted by molar-refractivity contribution is 7.40. The Morgan fingerprint density at radius 2 is 1.41 bits per heavy atom. The van der Waals surface area contributed by atoms with Crippen LogP contribution in [-0.2, 0) is 38.1 Å². The fourth-order valence-electron chi connectivity index (χ4n) is 6.48. The van der Waals surface area contributed by atoms with Crippen LogP contribution in [0.15, 0.2) is 53.3 Å². The molecule has 0 heterocycles. The number of hydrazine groups is 1. The standard InChI is InChI=1S/C40H62N5O8P/c1-44(37(48)18-21-50-23-25-52-27-28-53-26-24-51-22-20-45(2)36(47)16-10-17-38(49)54)19-9-3-4-15-35(46)34-29-30-11-5-6-12-31(30)39(41)40(43-42)33-14-8-7-13-32(33)34/h5,7-8,11,13-14,34,43H,3-4,6,9-10,12,15-29,41-42,54H2,1-2H3/b40-39-. The zero-order valence-electron chi connectivity index (χ0n) is 32.3. The number of Topliss-reactive ketones (excluding diaryl/α,β-unsaturated/α-hetero) is 1. The van der Waals surface area contributed by atoms with E-state index in [9.17, 15) is 19.2 Å². The second-order valence-corrected chi connectivity index (χ2v) is 14.3. The van der Waals surface area contributed by atoms with Gasteiger partial charge in [0.1, 0.15) is 11.3 Å². The Hall–Kier alpha value is -3.45. The number of hydrogen-bond donors (Lipinski definition) is 3. The zero-order chi connectivity index (χ0) is 39.1. The van der Waals surface area contributed by atoms with Gasteiger partial charge in [0.05, 0.1) is 70.7 Å². The number of nitrogens with two attached hydrogens (primary N) is 2. The molecule has 5 N–H and O–H groups in total. The molecule has 0 aliphatic heterocycles. The number of carbonyl (C=O) groups is 4. The molecule has 2 aliphatic carbocycles. The van der Waals surface area contributed by atoms with Crippen LogP contribution in [0.2, 0.25) is 0 Å². The van der Waals surface area contributed by atoms with Gasteiger partial charge in [0, 0.05) is 57.9 Å². The molecule has 300 valence electrons. The van der Waals surface area contributed by atoms with E-state index >= 15 is 0 Å². The number of ether oxygens (including phenoxy) is 4. The van der Waals surface area contributed by atoms with Gasteiger partial charge >= 0.3 is 0 Å². The van der Waals surface area contributed by atoms with Crippen molar-refractivity contribution in [2.45, 2.75) is 76.5 Å². The Labute approximate surface area is 323 Å². The van der Waals surface area contributed by atoms with E-state index in [0.29, 0.717) is 116 Å². The minimum Gasteiger partial charge on any atom is -0.397 e. The molecule has 0 saturated carbocycles. The van der Waals surface area contributed by atoms with E-state index in [1.54, 1.807) is 23.9 Å². The third kappa shape index (κ3) is 15.7. The molecule has 0 aromatic heterocycles. The van der Waals surface area contributed by atoms with Crippen molar-refractivity contribution in [1.82, 2.24) is 15.2 Å². The van der Waals surface area contributed by atoms with Gasteiger partial charge in [0.15, 0.2) is 0 Å². The highest BCUT2D eigenvalue weighted by Gasteiger charge is 2.29. The molecule has 2 unspecified atom stereocenters. The second kappa shape index (κ2) is 25.6. The van der Waals surface area contributed by atoms with Gasteiger partial charge in [0.2, 0.25) is 11.8 Å². The van der Waals surface area contributed by atoms with Crippen LogP contribution in [0.3, 0.4) is 0 Å². The Kier molecular flexibility index (Phi) is 21.3. The molecular formula is C40H62N5O8P. The summed E-state index contributed by atoms with van der Waals surface area (Å²) in [6, 6.07) is 7.88. The lowest BCUT2D eigenvalue weighted by Gasteiger charge is -2.28. The Balaban J connectivity index is 1.20. The predicted molar refractivity (Wildman–Crippen MR) is 213 cm³/mol. The van der Waals surface area contributed by atoms with Gasteiger partial charge in [-0.2, -0.15) is 0 Å². The molecular weight excluding hydrogens is 709 g/mol. The monoisotopic (exact) mass is 771 g/mol. The summed E-state index contributed by atoms with van der Waals surface area (Å²) in [6.07, 6.45) is 11.1. The smallest absolute Gasteiger partial charge is 0.224 e. The summed E-state index contributed by atoms with van der Waals surface area (Å²) >= 11 is 0. The SMILES string of the molecule is CN(CCCCCC(=O)C1CC2=C(CCC=C2)/C(N)=C(/NN)c2ccccc21)C(=O)CCOCCOCCOCCOCCN(C)C(=O)CCCC(=O)P. The maximum absolute atomic E-state index is 13.7. The van der Waals surface area contributed by atoms with Crippen molar-refractivity contribution in [2.24, 2.45) is 11.6 Å². The zero-order valence-corrected chi connectivity index (χ0v) is 33.4. The predicted octanol–water partition coefficient (Wildman–Crippen LogP) is 3.99. The number of benzene rings is 1. The van der Waals surface area contributed by atoms with Crippen LogP contribution in [0.1, 0.15) is 87.7 Å². The number of rotatable bonds is 27. The van der Waals surface area contributed by atoms with Crippen molar-refractivity contribution in [1.29, 1.82) is 0 Å². The summed E-state index contributed by atoms with van der Waals surface area (Å²) in [5.74, 6) is 5.91. The maximum atomic E-state index is 13.7. The van der Waals surface area contributed by atoms with Crippen molar-refractivity contribution in [3.8, 4) is 0 Å². The fraction of sp³-hybridized carbons (Fsp3) is 0.600. The number of unbranched alkanes of at least 4 members (excludes halogenated alkanes) is 2. The van der Waals surface area contributed by atoms with Crippen LogP contribution >= 0.6 is 9.24 Å². The first kappa shape index (κ1) is 44.9. The van der Waals surface area contributed by atoms with Crippen molar-refractivity contribution in [3.63, 3.8) is 0 Å². The van der Waals surface area contributed by atoms with Crippen LogP contribution < -0.4 is 17.0 Å². The molecule has 0 bridgehead atoms. The Bertz CT molecular complexity index is 1470. The van der Waals surface area contributed by atoms with Gasteiger partial charge in [-0.25, -0.2) is 0 Å². The van der Waals surface area contributed by atoms with Gasteiger partial charge in [0.25, 0.3) is 0 Å². The van der Waals surface area contributed by atoms with E-state index in [2.05, 4.69) is 26.8 Å². The molecule has 0 radical (unpaired) electrons. The summed E-state index contributed by atoms with van der Waals surface area (Å²) in [7, 11) is 5.65. The van der Waals surface area contributed by atoms with Crippen LogP contribution in [0.5, 0.6) is 0 Å². The molecule has 3 rings (SSSR count). The number of nitrogens with zero attached hydrogens (tertiary/aromatic N) is 2. The van der Waals surface area contributed by atoms with Gasteiger partial charge in [-0.3, -0.25) is 25.0 Å². The largest absolute Gasteiger partial charge is 0.397 e. The first-order valence-corrected chi connectivity index (χ1v) is 19.8. The molecule has 1 aromatic carbocycles. The third-order valence-corrected chi connectivity index (χ3v) is 9.94. The van der Waals surface area contributed by atoms with Crippen LogP contribution in [0.4, 0.5) is 0 Å². The van der Waals surface area contributed by atoms with Gasteiger partial charge < -0.3 is 39.9 Å². The Morgan fingerprint density at radius 1 is 0.778 bits per heavy atom. The highest BCUT2D eigenvalue weighted by atomic mass is 31.0. The summed E-state index contributed by atoms with van der Waals surface area (Å²) in [6.45, 7) is 4.37. The number of likely N-dealkylation sites (N-methyl/N-ethyl adjacent to an activating group) is 1. The lowest BCUT2D eigenvalue weighted by molar-refractivity contribution is -0.131. The highest BCUT2D eigenvalue weighted by Crippen LogP contribution is 2.39. The summed E-state index contributed by atoms with van der Waals surface area (Å²) in [5, 5.41) is 0. The third-order valence-electron chi connectivity index (χ3n) is 9.65. The fourth-order valence-corrected chi connectivity index (χ4v) is 6.68. The van der Waals surface area contributed by atoms with E-state index in [1.165, 1.54) is 0 Å². The molecule has 2 aliphatic rings. The number of amides is 2. The summed E-state index contributed by atoms with van der Waals surface area (Å²) < 4.78 is 22.1. The van der Waals surface area contributed by atoms with Gasteiger partial charge in [-0.05, 0) is 55.2 Å². The number of hydrogen-bond acceptors (Lipinski definition) is 11. The molecule has 0 fully saturated rings. The van der Waals surface area contributed by atoms with E-state index in [0.717, 1.165) is 54.4 Å². The molecule has 54 heavy (non-hydrogen) atoms. The molecule has 13 nitrogen and oxygen atoms in total. The molecule has 2 atom stereocenters. The second-order valence-electron chi connectivity index (χ2n) is 13.6. The lowest BCUT2D eigenvalue weighted by atomic mass is 9.78. The first-order valence-electron chi connectivity index (χ1n) is 19.2. The van der Waals surface area contributed by atoms with Crippen LogP contribution in [-0.4, -0.2) is 113 Å². The summed E-state index contributed by atoms with van der Waals surface area (Å²) in [5.41, 5.74) is 14.8. The molecule has 0 saturated heterocycles. The average molecular weight is 772 g/mol. The summed E-state index contributed by atoms with van der Waals surface area (Å²) in [4.78, 5) is 52.5. The average Bonchev–Trinajstić information content (AvgIpc) is 3.16. The normalized spacial score (nSPS) is 16.6. The number of nitrogens with one attached hydrogen (secondary N) is 1. The van der Waals surface area contributed by atoms with Gasteiger partial charge in [-0.15, -0.1) is 0 Å². The minimum absolute atomic E-state index is 0.00207. The minimum atomic E-state index is -0.279. The van der Waals surface area contributed by atoms with Crippen molar-refractivity contribution < 1.29 is 38.1 Å². The van der Waals surface area contributed by atoms with Gasteiger partial charge in [-0.1, -0.05) is 52.1 Å². The van der Waals surface area contributed by atoms with Crippen LogP contribution in [0.25, 0.3) is 5.70 Å². The first-order chi connectivity index (χ1) is 26.1. The van der Waals surface area contributed by atoms with Crippen molar-refractivity contribution >= 4 is 38.1 Å². The van der Waals surface area contributed by atoms with Crippen LogP contribution in [0, 0.1) is 0 Å². The Morgan fingerprint density at radius 3 is 2.09 bits per heavy atom. The van der Waals surface area contributed by atoms with E-state index in [1.807, 2.05) is 24.3 Å². The molecule has 14 heteroatoms. The quantitative estimate of drug-likeness (QED) is 0.0511. The van der Waals surface area contributed by atoms with Crippen molar-refractivity contribution in [2.75, 3.05) is 80.0 Å². The number of allylic oxidation sites excluding steroid dienone is 4.